The maximum atomic E-state index is 12.1. The van der Waals surface area contributed by atoms with Gasteiger partial charge >= 0.3 is 0 Å². The first kappa shape index (κ1) is 40.4. The van der Waals surface area contributed by atoms with Crippen molar-refractivity contribution < 1.29 is 4.79 Å². The van der Waals surface area contributed by atoms with Crippen molar-refractivity contribution in [3.8, 4) is 0 Å². The lowest BCUT2D eigenvalue weighted by atomic mass is 10.0. The molecule has 0 aromatic heterocycles. The van der Waals surface area contributed by atoms with Gasteiger partial charge in [0.15, 0.2) is 0 Å². The largest absolute Gasteiger partial charge is 0.274 e. The topological polar surface area (TPSA) is 17.1 Å². The van der Waals surface area contributed by atoms with Crippen molar-refractivity contribution in [1.82, 2.24) is 0 Å². The monoisotopic (exact) mass is 599 g/mol. The molecule has 3 heteroatoms. The van der Waals surface area contributed by atoms with E-state index in [4.69, 9.17) is 0 Å². The molecular formula is C37H74OS2. The Kier molecular flexibility index (Phi) is 37.7. The van der Waals surface area contributed by atoms with Crippen LogP contribution in [-0.2, 0) is 0 Å². The summed E-state index contributed by atoms with van der Waals surface area (Å²) in [5.41, 5.74) is 0. The molecule has 0 unspecified atom stereocenters. The number of carbonyl (C=O) groups is 1. The van der Waals surface area contributed by atoms with E-state index in [2.05, 4.69) is 13.8 Å². The second-order valence-corrected chi connectivity index (χ2v) is 14.9. The average Bonchev–Trinajstić information content (AvgIpc) is 2.96. The highest BCUT2D eigenvalue weighted by Crippen LogP contribution is 2.21. The molecule has 0 radical (unpaired) electrons. The second-order valence-electron chi connectivity index (χ2n) is 12.6. The van der Waals surface area contributed by atoms with Crippen LogP contribution in [0, 0.1) is 0 Å². The molecule has 240 valence electrons. The highest BCUT2D eigenvalue weighted by molar-refractivity contribution is 8.38. The van der Waals surface area contributed by atoms with E-state index >= 15 is 0 Å². The summed E-state index contributed by atoms with van der Waals surface area (Å²) in [5.74, 6) is 2.06. The summed E-state index contributed by atoms with van der Waals surface area (Å²) in [4.78, 5) is 12.1. The molecule has 0 rings (SSSR count). The molecule has 0 aliphatic carbocycles. The minimum atomic E-state index is 0.363. The van der Waals surface area contributed by atoms with Crippen LogP contribution < -0.4 is 0 Å². The first-order valence-corrected chi connectivity index (χ1v) is 20.6. The highest BCUT2D eigenvalue weighted by Gasteiger charge is 2.03. The van der Waals surface area contributed by atoms with Crippen molar-refractivity contribution in [2.75, 3.05) is 11.5 Å². The van der Waals surface area contributed by atoms with Gasteiger partial charge in [0.25, 0.3) is 0 Å². The first-order chi connectivity index (χ1) is 19.8. The molecule has 0 atom stereocenters. The van der Waals surface area contributed by atoms with Crippen molar-refractivity contribution in [2.24, 2.45) is 0 Å². The molecular weight excluding hydrogens is 525 g/mol. The third kappa shape index (κ3) is 36.4. The van der Waals surface area contributed by atoms with E-state index in [-0.39, 0.29) is 0 Å². The molecule has 40 heavy (non-hydrogen) atoms. The van der Waals surface area contributed by atoms with Crippen LogP contribution in [0.4, 0.5) is 4.79 Å². The fourth-order valence-corrected chi connectivity index (χ4v) is 7.52. The molecule has 0 amide bonds. The Hall–Kier alpha value is 0.370. The van der Waals surface area contributed by atoms with E-state index in [0.717, 1.165) is 11.5 Å². The Labute approximate surface area is 262 Å². The lowest BCUT2D eigenvalue weighted by Crippen LogP contribution is -1.90. The summed E-state index contributed by atoms with van der Waals surface area (Å²) in [7, 11) is 0. The van der Waals surface area contributed by atoms with Gasteiger partial charge in [-0.15, -0.1) is 0 Å². The lowest BCUT2D eigenvalue weighted by Gasteiger charge is -2.04. The van der Waals surface area contributed by atoms with E-state index in [1.165, 1.54) is 205 Å². The quantitative estimate of drug-likeness (QED) is 0.0686. The Morgan fingerprint density at radius 2 is 0.475 bits per heavy atom. The minimum Gasteiger partial charge on any atom is -0.274 e. The number of carbonyl (C=O) groups excluding carboxylic acids is 1. The van der Waals surface area contributed by atoms with Crippen LogP contribution in [0.15, 0.2) is 0 Å². The van der Waals surface area contributed by atoms with Crippen molar-refractivity contribution in [2.45, 2.75) is 219 Å². The van der Waals surface area contributed by atoms with Gasteiger partial charge in [-0.1, -0.05) is 230 Å². The summed E-state index contributed by atoms with van der Waals surface area (Å²) < 4.78 is 0.363. The zero-order valence-corrected chi connectivity index (χ0v) is 29.4. The number of thioether (sulfide) groups is 2. The Morgan fingerprint density at radius 1 is 0.300 bits per heavy atom. The predicted molar refractivity (Wildman–Crippen MR) is 189 cm³/mol. The number of hydrogen-bond donors (Lipinski definition) is 0. The molecule has 1 nitrogen and oxygen atoms in total. The Morgan fingerprint density at radius 3 is 0.675 bits per heavy atom. The maximum absolute atomic E-state index is 12.1. The summed E-state index contributed by atoms with van der Waals surface area (Å²) in [6, 6.07) is 0. The second kappa shape index (κ2) is 37.4. The van der Waals surface area contributed by atoms with Crippen LogP contribution in [-0.4, -0.2) is 16.0 Å². The number of rotatable bonds is 34. The molecule has 0 aliphatic heterocycles. The van der Waals surface area contributed by atoms with Crippen LogP contribution in [0.1, 0.15) is 219 Å². The number of hydrogen-bond acceptors (Lipinski definition) is 3. The van der Waals surface area contributed by atoms with E-state index < -0.39 is 0 Å². The van der Waals surface area contributed by atoms with Crippen molar-refractivity contribution in [3.05, 3.63) is 0 Å². The van der Waals surface area contributed by atoms with Gasteiger partial charge in [0.05, 0.1) is 0 Å². The summed E-state index contributed by atoms with van der Waals surface area (Å²) in [6.45, 7) is 4.59. The van der Waals surface area contributed by atoms with Crippen LogP contribution in [0.3, 0.4) is 0 Å². The first-order valence-electron chi connectivity index (χ1n) is 18.6. The van der Waals surface area contributed by atoms with Crippen LogP contribution in [0.2, 0.25) is 0 Å². The van der Waals surface area contributed by atoms with Gasteiger partial charge < -0.3 is 0 Å². The number of unbranched alkanes of at least 4 members (excludes halogenated alkanes) is 30. The summed E-state index contributed by atoms with van der Waals surface area (Å²) >= 11 is 3.15. The van der Waals surface area contributed by atoms with Crippen LogP contribution in [0.5, 0.6) is 0 Å². The van der Waals surface area contributed by atoms with E-state index in [1.807, 2.05) is 0 Å². The minimum absolute atomic E-state index is 0.363. The summed E-state index contributed by atoms with van der Waals surface area (Å²) in [5, 5.41) is 0. The molecule has 0 bridgehead atoms. The molecule has 0 saturated carbocycles. The molecule has 0 aliphatic rings. The van der Waals surface area contributed by atoms with Gasteiger partial charge in [0, 0.05) is 11.5 Å². The Bertz CT molecular complexity index is 427. The van der Waals surface area contributed by atoms with Crippen molar-refractivity contribution in [1.29, 1.82) is 0 Å². The van der Waals surface area contributed by atoms with Gasteiger partial charge in [0.1, 0.15) is 0 Å². The van der Waals surface area contributed by atoms with Gasteiger partial charge in [-0.2, -0.15) is 0 Å². The molecule has 0 spiro atoms. The zero-order chi connectivity index (χ0) is 29.0. The highest BCUT2D eigenvalue weighted by atomic mass is 32.2. The standard InChI is InChI=1S/C37H74OS2/c1-3-5-7-9-11-13-15-17-19-21-23-25-27-29-31-33-35-39-37(38)40-36-34-32-30-28-26-24-22-20-18-16-14-12-10-8-6-4-2/h3-36H2,1-2H3. The molecule has 0 heterocycles. The fraction of sp³-hybridized carbons (Fsp3) is 0.973. The summed E-state index contributed by atoms with van der Waals surface area (Å²) in [6.07, 6.45) is 45.1. The smallest absolute Gasteiger partial charge is 0.246 e. The molecule has 0 fully saturated rings. The molecule has 0 aromatic rings. The normalized spacial score (nSPS) is 11.4. The average molecular weight is 599 g/mol. The third-order valence-corrected chi connectivity index (χ3v) is 10.6. The van der Waals surface area contributed by atoms with E-state index in [1.54, 1.807) is 23.5 Å². The predicted octanol–water partition coefficient (Wildman–Crippen LogP) is 15.1. The maximum Gasteiger partial charge on any atom is 0.246 e. The van der Waals surface area contributed by atoms with Crippen molar-refractivity contribution >= 4 is 28.0 Å². The lowest BCUT2D eigenvalue weighted by molar-refractivity contribution is 0.276. The van der Waals surface area contributed by atoms with Gasteiger partial charge in [-0.05, 0) is 12.8 Å². The molecule has 0 N–H and O–H groups in total. The molecule has 0 aromatic carbocycles. The Balaban J connectivity index is 3.14. The van der Waals surface area contributed by atoms with Crippen LogP contribution in [0.25, 0.3) is 0 Å². The van der Waals surface area contributed by atoms with Gasteiger partial charge in [-0.25, -0.2) is 0 Å². The van der Waals surface area contributed by atoms with E-state index in [0.29, 0.717) is 4.45 Å². The van der Waals surface area contributed by atoms with E-state index in [9.17, 15) is 4.79 Å². The van der Waals surface area contributed by atoms with Gasteiger partial charge in [0.2, 0.25) is 4.45 Å². The molecule has 0 saturated heterocycles. The van der Waals surface area contributed by atoms with Gasteiger partial charge in [-0.3, -0.25) is 4.79 Å². The zero-order valence-electron chi connectivity index (χ0n) is 27.8. The third-order valence-electron chi connectivity index (χ3n) is 8.44. The fourth-order valence-electron chi connectivity index (χ4n) is 5.65. The van der Waals surface area contributed by atoms with Crippen LogP contribution >= 0.6 is 23.5 Å². The van der Waals surface area contributed by atoms with Crippen molar-refractivity contribution in [3.63, 3.8) is 0 Å². The SMILES string of the molecule is CCCCCCCCCCCCCCCCCCSC(=O)SCCCCCCCCCCCCCCCCCC.